The first-order chi connectivity index (χ1) is 17.9. The first-order valence-corrected chi connectivity index (χ1v) is 13.5. The van der Waals surface area contributed by atoms with E-state index in [1.807, 2.05) is 44.2 Å². The Morgan fingerprint density at radius 3 is 2.27 bits per heavy atom. The molecule has 37 heavy (non-hydrogen) atoms. The molecular formula is C29H39ClN2O5. The summed E-state index contributed by atoms with van der Waals surface area (Å²) in [5.74, 6) is 0.859. The van der Waals surface area contributed by atoms with Gasteiger partial charge >= 0.3 is 0 Å². The Morgan fingerprint density at radius 1 is 0.973 bits per heavy atom. The molecule has 1 N–H and O–H groups in total. The van der Waals surface area contributed by atoms with Crippen molar-refractivity contribution >= 4 is 23.4 Å². The second-order valence-corrected chi connectivity index (χ2v) is 9.91. The van der Waals surface area contributed by atoms with E-state index in [9.17, 15) is 9.59 Å². The average molecular weight is 531 g/mol. The number of nitrogens with zero attached hydrogens (tertiary/aromatic N) is 1. The molecule has 0 radical (unpaired) electrons. The summed E-state index contributed by atoms with van der Waals surface area (Å²) in [6, 6.07) is 12.0. The van der Waals surface area contributed by atoms with Crippen molar-refractivity contribution in [1.29, 1.82) is 0 Å². The molecule has 0 saturated heterocycles. The second-order valence-electron chi connectivity index (χ2n) is 9.64. The molecule has 7 nitrogen and oxygen atoms in total. The minimum absolute atomic E-state index is 0.0473. The fraction of sp³-hybridized carbons (Fsp3) is 0.517. The van der Waals surface area contributed by atoms with Gasteiger partial charge in [0.25, 0.3) is 0 Å². The Hall–Kier alpha value is -2.93. The van der Waals surface area contributed by atoms with E-state index in [4.69, 9.17) is 25.8 Å². The molecule has 2 aromatic rings. The third-order valence-electron chi connectivity index (χ3n) is 6.60. The Bertz CT molecular complexity index is 1040. The number of para-hydroxylation sites is 1. The third-order valence-corrected chi connectivity index (χ3v) is 6.82. The monoisotopic (exact) mass is 530 g/mol. The van der Waals surface area contributed by atoms with Crippen molar-refractivity contribution in [2.45, 2.75) is 77.1 Å². The maximum absolute atomic E-state index is 13.9. The van der Waals surface area contributed by atoms with Crippen LogP contribution in [0.15, 0.2) is 42.5 Å². The van der Waals surface area contributed by atoms with Crippen LogP contribution in [0.1, 0.15) is 69.5 Å². The number of hydrogen-bond acceptors (Lipinski definition) is 5. The number of nitrogens with one attached hydrogen (secondary N) is 1. The van der Waals surface area contributed by atoms with Crippen molar-refractivity contribution in [3.63, 3.8) is 0 Å². The maximum Gasteiger partial charge on any atom is 0.247 e. The third kappa shape index (κ3) is 7.78. The van der Waals surface area contributed by atoms with E-state index >= 15 is 0 Å². The van der Waals surface area contributed by atoms with E-state index in [-0.39, 0.29) is 36.4 Å². The zero-order chi connectivity index (χ0) is 26.8. The first kappa shape index (κ1) is 28.6. The lowest BCUT2D eigenvalue weighted by Gasteiger charge is -2.33. The highest BCUT2D eigenvalue weighted by molar-refractivity contribution is 6.27. The number of methoxy groups -OCH3 is 2. The van der Waals surface area contributed by atoms with Crippen molar-refractivity contribution in [2.24, 2.45) is 0 Å². The standard InChI is InChI=1S/C29H39ClN2O5/c1-20(2)37-25-16-15-21(17-26(25)36-4)28(29(34)31-23-12-7-5-6-8-13-23)32(27(33)18-30)19-22-11-9-10-14-24(22)35-3/h9-11,14-17,20,23,28H,5-8,12-13,18-19H2,1-4H3,(H,31,34). The number of carbonyl (C=O) groups excluding carboxylic acids is 2. The maximum atomic E-state index is 13.9. The van der Waals surface area contributed by atoms with Crippen molar-refractivity contribution in [1.82, 2.24) is 10.2 Å². The zero-order valence-electron chi connectivity index (χ0n) is 22.3. The van der Waals surface area contributed by atoms with E-state index in [0.29, 0.717) is 22.8 Å². The molecular weight excluding hydrogens is 492 g/mol. The number of ether oxygens (including phenoxy) is 3. The molecule has 0 spiro atoms. The summed E-state index contributed by atoms with van der Waals surface area (Å²) >= 11 is 6.08. The quantitative estimate of drug-likeness (QED) is 0.300. The molecule has 8 heteroatoms. The Kier molecular flexibility index (Phi) is 10.9. The molecule has 3 rings (SSSR count). The number of benzene rings is 2. The Labute approximate surface area is 225 Å². The van der Waals surface area contributed by atoms with Gasteiger partial charge in [0.1, 0.15) is 17.7 Å². The van der Waals surface area contributed by atoms with Crippen LogP contribution in [0.3, 0.4) is 0 Å². The van der Waals surface area contributed by atoms with Crippen LogP contribution in [0.2, 0.25) is 0 Å². The summed E-state index contributed by atoms with van der Waals surface area (Å²) in [4.78, 5) is 28.7. The van der Waals surface area contributed by atoms with Crippen molar-refractivity contribution in [3.05, 3.63) is 53.6 Å². The van der Waals surface area contributed by atoms with Gasteiger partial charge in [-0.1, -0.05) is 49.9 Å². The molecule has 1 atom stereocenters. The van der Waals surface area contributed by atoms with Gasteiger partial charge in [0.15, 0.2) is 11.5 Å². The molecule has 0 aliphatic heterocycles. The fourth-order valence-electron chi connectivity index (χ4n) is 4.80. The second kappa shape index (κ2) is 14.1. The van der Waals surface area contributed by atoms with E-state index in [1.54, 1.807) is 26.4 Å². The van der Waals surface area contributed by atoms with Crippen LogP contribution in [0.5, 0.6) is 17.2 Å². The molecule has 202 valence electrons. The van der Waals surface area contributed by atoms with Crippen LogP contribution in [-0.2, 0) is 16.1 Å². The number of alkyl halides is 1. The van der Waals surface area contributed by atoms with Gasteiger partial charge in [0.05, 0.1) is 26.9 Å². The number of hydrogen-bond donors (Lipinski definition) is 1. The fourth-order valence-corrected chi connectivity index (χ4v) is 4.95. The minimum atomic E-state index is -0.915. The SMILES string of the molecule is COc1ccccc1CN(C(=O)CCl)C(C(=O)NC1CCCCCC1)c1ccc(OC(C)C)c(OC)c1. The van der Waals surface area contributed by atoms with E-state index in [1.165, 1.54) is 17.7 Å². The van der Waals surface area contributed by atoms with Crippen LogP contribution in [0.4, 0.5) is 0 Å². The lowest BCUT2D eigenvalue weighted by molar-refractivity contribution is -0.140. The van der Waals surface area contributed by atoms with Gasteiger partial charge in [-0.25, -0.2) is 0 Å². The van der Waals surface area contributed by atoms with Gasteiger partial charge in [-0.15, -0.1) is 11.6 Å². The van der Waals surface area contributed by atoms with Crippen LogP contribution < -0.4 is 19.5 Å². The predicted octanol–water partition coefficient (Wildman–Crippen LogP) is 5.64. The molecule has 1 unspecified atom stereocenters. The van der Waals surface area contributed by atoms with E-state index < -0.39 is 6.04 Å². The smallest absolute Gasteiger partial charge is 0.247 e. The molecule has 1 aliphatic carbocycles. The topological polar surface area (TPSA) is 77.1 Å². The predicted molar refractivity (Wildman–Crippen MR) is 145 cm³/mol. The first-order valence-electron chi connectivity index (χ1n) is 13.0. The number of carbonyl (C=O) groups is 2. The largest absolute Gasteiger partial charge is 0.496 e. The number of rotatable bonds is 11. The van der Waals surface area contributed by atoms with Gasteiger partial charge in [-0.05, 0) is 50.5 Å². The molecule has 1 saturated carbocycles. The molecule has 0 bridgehead atoms. The molecule has 1 aliphatic rings. The van der Waals surface area contributed by atoms with Gasteiger partial charge in [-0.2, -0.15) is 0 Å². The summed E-state index contributed by atoms with van der Waals surface area (Å²) in [5.41, 5.74) is 1.40. The highest BCUT2D eigenvalue weighted by Crippen LogP contribution is 2.35. The van der Waals surface area contributed by atoms with Gasteiger partial charge in [0.2, 0.25) is 11.8 Å². The number of halogens is 1. The van der Waals surface area contributed by atoms with Crippen LogP contribution in [0.25, 0.3) is 0 Å². The van der Waals surface area contributed by atoms with E-state index in [2.05, 4.69) is 5.32 Å². The zero-order valence-corrected chi connectivity index (χ0v) is 23.1. The summed E-state index contributed by atoms with van der Waals surface area (Å²) < 4.78 is 17.0. The molecule has 0 aromatic heterocycles. The summed E-state index contributed by atoms with van der Waals surface area (Å²) in [5, 5.41) is 3.24. The molecule has 2 aromatic carbocycles. The van der Waals surface area contributed by atoms with Crippen LogP contribution in [-0.4, -0.2) is 49.0 Å². The van der Waals surface area contributed by atoms with Gasteiger partial charge in [-0.3, -0.25) is 9.59 Å². The van der Waals surface area contributed by atoms with Crippen molar-refractivity contribution in [3.8, 4) is 17.2 Å². The lowest BCUT2D eigenvalue weighted by Crippen LogP contribution is -2.46. The van der Waals surface area contributed by atoms with Crippen molar-refractivity contribution < 1.29 is 23.8 Å². The summed E-state index contributed by atoms with van der Waals surface area (Å²) in [6.07, 6.45) is 6.32. The van der Waals surface area contributed by atoms with Crippen molar-refractivity contribution in [2.75, 3.05) is 20.1 Å². The molecule has 1 fully saturated rings. The normalized spacial score (nSPS) is 15.0. The van der Waals surface area contributed by atoms with Crippen LogP contribution >= 0.6 is 11.6 Å². The minimum Gasteiger partial charge on any atom is -0.496 e. The van der Waals surface area contributed by atoms with Gasteiger partial charge < -0.3 is 24.4 Å². The van der Waals surface area contributed by atoms with Gasteiger partial charge in [0, 0.05) is 11.6 Å². The summed E-state index contributed by atoms with van der Waals surface area (Å²) in [7, 11) is 3.14. The lowest BCUT2D eigenvalue weighted by atomic mass is 10.0. The highest BCUT2D eigenvalue weighted by atomic mass is 35.5. The van der Waals surface area contributed by atoms with E-state index in [0.717, 1.165) is 31.2 Å². The Balaban J connectivity index is 2.05. The van der Waals surface area contributed by atoms with Crippen LogP contribution in [0, 0.1) is 0 Å². The highest BCUT2D eigenvalue weighted by Gasteiger charge is 2.33. The molecule has 2 amide bonds. The average Bonchev–Trinajstić information content (AvgIpc) is 3.17. The summed E-state index contributed by atoms with van der Waals surface area (Å²) in [6.45, 7) is 4.03. The molecule has 0 heterocycles. The number of amides is 2. The Morgan fingerprint density at radius 2 is 1.65 bits per heavy atom.